The maximum absolute atomic E-state index is 12.2. The summed E-state index contributed by atoms with van der Waals surface area (Å²) >= 11 is 0. The Balaban J connectivity index is 2.41. The Bertz CT molecular complexity index is 851. The molecule has 0 spiro atoms. The van der Waals surface area contributed by atoms with Crippen LogP contribution >= 0.6 is 0 Å². The van der Waals surface area contributed by atoms with Crippen molar-refractivity contribution in [3.05, 3.63) is 59.6 Å². The third-order valence-corrected chi connectivity index (χ3v) is 4.12. The fourth-order valence-electron chi connectivity index (χ4n) is 1.71. The summed E-state index contributed by atoms with van der Waals surface area (Å²) in [6.07, 6.45) is 2.77. The van der Waals surface area contributed by atoms with Crippen molar-refractivity contribution in [1.29, 1.82) is 0 Å². The Morgan fingerprint density at radius 2 is 1.77 bits per heavy atom. The average molecular weight is 320 g/mol. The molecule has 1 aromatic heterocycles. The summed E-state index contributed by atoms with van der Waals surface area (Å²) in [7, 11) is -3.80. The monoisotopic (exact) mass is 320 g/mol. The molecule has 0 amide bonds. The van der Waals surface area contributed by atoms with E-state index < -0.39 is 16.0 Å². The predicted octanol–water partition coefficient (Wildman–Crippen LogP) is 0.166. The van der Waals surface area contributed by atoms with Gasteiger partial charge in [-0.15, -0.1) is 0 Å². The van der Waals surface area contributed by atoms with Crippen LogP contribution in [0.4, 0.5) is 0 Å². The molecule has 1 aromatic carbocycles. The molecule has 0 fully saturated rings. The normalized spacial score (nSPS) is 11.0. The number of nitrogens with zero attached hydrogens (tertiary/aromatic N) is 2. The van der Waals surface area contributed by atoms with E-state index in [0.29, 0.717) is 5.22 Å². The van der Waals surface area contributed by atoms with E-state index in [1.807, 2.05) is 6.92 Å². The Morgan fingerprint density at radius 1 is 1.18 bits per heavy atom. The van der Waals surface area contributed by atoms with Crippen LogP contribution in [0.1, 0.15) is 12.5 Å². The first kappa shape index (κ1) is 16.0. The van der Waals surface area contributed by atoms with E-state index in [0.717, 1.165) is 9.93 Å². The van der Waals surface area contributed by atoms with E-state index in [-0.39, 0.29) is 11.5 Å². The molecule has 0 atom stereocenters. The first-order chi connectivity index (χ1) is 10.4. The Morgan fingerprint density at radius 3 is 2.32 bits per heavy atom. The van der Waals surface area contributed by atoms with Gasteiger partial charge in [-0.05, 0) is 30.0 Å². The smallest absolute Gasteiger partial charge is 0.336 e. The quantitative estimate of drug-likeness (QED) is 0.752. The zero-order valence-electron chi connectivity index (χ0n) is 12.3. The lowest BCUT2D eigenvalue weighted by atomic mass is 10.2. The third kappa shape index (κ3) is 3.82. The van der Waals surface area contributed by atoms with Crippen molar-refractivity contribution in [2.75, 3.05) is 6.61 Å². The van der Waals surface area contributed by atoms with Crippen LogP contribution in [0.2, 0.25) is 0 Å². The summed E-state index contributed by atoms with van der Waals surface area (Å²) < 4.78 is 34.0. The maximum atomic E-state index is 12.2. The first-order valence-corrected chi connectivity index (χ1v) is 8.10. The lowest BCUT2D eigenvalue weighted by Crippen LogP contribution is -2.24. The van der Waals surface area contributed by atoms with Crippen molar-refractivity contribution in [2.24, 2.45) is 4.52 Å². The maximum Gasteiger partial charge on any atom is 0.336 e. The Kier molecular flexibility index (Phi) is 4.77. The minimum atomic E-state index is -3.80. The molecule has 0 bridgehead atoms. The van der Waals surface area contributed by atoms with Crippen molar-refractivity contribution in [3.63, 3.8) is 0 Å². The molecule has 1 heterocycles. The molecule has 116 valence electrons. The van der Waals surface area contributed by atoms with Crippen LogP contribution in [-0.2, 0) is 14.8 Å². The number of rotatable bonds is 4. The van der Waals surface area contributed by atoms with Crippen molar-refractivity contribution < 1.29 is 22.6 Å². The number of aromatic nitrogens is 1. The number of benzene rings is 1. The van der Waals surface area contributed by atoms with Gasteiger partial charge < -0.3 is 9.84 Å². The second kappa shape index (κ2) is 6.57. The number of hydrogen-bond acceptors (Lipinski definition) is 4. The molecular weight excluding hydrogens is 304 g/mol. The van der Waals surface area contributed by atoms with Gasteiger partial charge in [0.05, 0.1) is 10.8 Å². The molecule has 0 unspecified atom stereocenters. The second-order valence-electron chi connectivity index (χ2n) is 4.56. The molecular formula is C15H16N2O4S. The number of aryl methyl sites for hydroxylation is 1. The van der Waals surface area contributed by atoms with Crippen LogP contribution in [-0.4, -0.2) is 15.0 Å². The van der Waals surface area contributed by atoms with Gasteiger partial charge in [0.1, 0.15) is 4.52 Å². The van der Waals surface area contributed by atoms with Gasteiger partial charge in [0.2, 0.25) is 12.4 Å². The number of pyridine rings is 1. The van der Waals surface area contributed by atoms with Crippen LogP contribution in [0, 0.1) is 6.92 Å². The zero-order valence-corrected chi connectivity index (χ0v) is 13.1. The molecule has 7 heteroatoms. The SMILES string of the molecule is CCOC([O-])=c1cc[n+](=NS(=O)(=O)c2ccc(C)cc2)cc1. The van der Waals surface area contributed by atoms with Crippen LogP contribution in [0.15, 0.2) is 58.2 Å². The Labute approximate surface area is 128 Å². The predicted molar refractivity (Wildman–Crippen MR) is 77.5 cm³/mol. The van der Waals surface area contributed by atoms with Crippen molar-refractivity contribution in [2.45, 2.75) is 18.7 Å². The van der Waals surface area contributed by atoms with E-state index in [9.17, 15) is 13.5 Å². The molecule has 0 aliphatic carbocycles. The van der Waals surface area contributed by atoms with E-state index in [1.54, 1.807) is 19.1 Å². The lowest BCUT2D eigenvalue weighted by molar-refractivity contribution is -0.538. The van der Waals surface area contributed by atoms with Gasteiger partial charge in [-0.1, -0.05) is 24.6 Å². The molecule has 0 aliphatic heterocycles. The molecule has 0 radical (unpaired) electrons. The van der Waals surface area contributed by atoms with Crippen molar-refractivity contribution >= 4 is 16.0 Å². The highest BCUT2D eigenvalue weighted by Gasteiger charge is 2.16. The minimum Gasteiger partial charge on any atom is -0.613 e. The van der Waals surface area contributed by atoms with E-state index >= 15 is 0 Å². The number of sulfonamides is 1. The average Bonchev–Trinajstić information content (AvgIpc) is 2.48. The van der Waals surface area contributed by atoms with Crippen molar-refractivity contribution in [3.8, 4) is 0 Å². The highest BCUT2D eigenvalue weighted by Crippen LogP contribution is 2.11. The van der Waals surface area contributed by atoms with Gasteiger partial charge in [-0.3, -0.25) is 0 Å². The van der Waals surface area contributed by atoms with Gasteiger partial charge in [-0.25, -0.2) is 0 Å². The molecule has 0 aliphatic rings. The van der Waals surface area contributed by atoms with Crippen LogP contribution < -0.4 is 14.7 Å². The van der Waals surface area contributed by atoms with E-state index in [2.05, 4.69) is 4.52 Å². The fourth-order valence-corrected chi connectivity index (χ4v) is 2.64. The Hall–Kier alpha value is -2.41. The summed E-state index contributed by atoms with van der Waals surface area (Å²) in [5.41, 5.74) is 0.963. The molecule has 22 heavy (non-hydrogen) atoms. The highest BCUT2D eigenvalue weighted by molar-refractivity contribution is 7.89. The van der Waals surface area contributed by atoms with Gasteiger partial charge in [-0.2, -0.15) is 8.42 Å². The van der Waals surface area contributed by atoms with Gasteiger partial charge in [0.15, 0.2) is 0 Å². The van der Waals surface area contributed by atoms with E-state index in [1.165, 1.54) is 36.7 Å². The van der Waals surface area contributed by atoms with Crippen LogP contribution in [0.5, 0.6) is 0 Å². The molecule has 0 N–H and O–H groups in total. The van der Waals surface area contributed by atoms with Gasteiger partial charge in [0.25, 0.3) is 0 Å². The summed E-state index contributed by atoms with van der Waals surface area (Å²) in [5, 5.41) is 11.8. The van der Waals surface area contributed by atoms with Crippen molar-refractivity contribution in [1.82, 2.24) is 0 Å². The molecule has 0 saturated heterocycles. The van der Waals surface area contributed by atoms with Crippen LogP contribution in [0.25, 0.3) is 5.95 Å². The zero-order chi connectivity index (χ0) is 16.2. The van der Waals surface area contributed by atoms with Gasteiger partial charge in [0, 0.05) is 17.4 Å². The first-order valence-electron chi connectivity index (χ1n) is 6.66. The molecule has 2 aromatic rings. The van der Waals surface area contributed by atoms with Crippen LogP contribution in [0.3, 0.4) is 0 Å². The fraction of sp³-hybridized carbons (Fsp3) is 0.200. The minimum absolute atomic E-state index is 0.111. The number of ether oxygens (including phenoxy) is 1. The summed E-state index contributed by atoms with van der Waals surface area (Å²) in [4.78, 5) is 0.111. The lowest BCUT2D eigenvalue weighted by Gasteiger charge is -2.11. The topological polar surface area (TPSA) is 84.7 Å². The second-order valence-corrected chi connectivity index (χ2v) is 6.14. The summed E-state index contributed by atoms with van der Waals surface area (Å²) in [6.45, 7) is 3.86. The standard InChI is InChI=1S/C15H16N2O4S/c1-3-21-15(18)13-8-10-17(11-9-13)16-22(19,20)14-6-4-12(2)5-7-14/h4-11H,3H2,1-2H3. The largest absolute Gasteiger partial charge is 0.613 e. The van der Waals surface area contributed by atoms with E-state index in [4.69, 9.17) is 4.74 Å². The molecule has 0 saturated carbocycles. The molecule has 2 rings (SSSR count). The summed E-state index contributed by atoms with van der Waals surface area (Å²) in [5.74, 6) is -0.462. The number of hydrogen-bond donors (Lipinski definition) is 0. The van der Waals surface area contributed by atoms with Gasteiger partial charge >= 0.3 is 10.0 Å². The third-order valence-electron chi connectivity index (χ3n) is 2.85. The summed E-state index contributed by atoms with van der Waals surface area (Å²) in [6, 6.07) is 9.32. The molecule has 6 nitrogen and oxygen atoms in total. The highest BCUT2D eigenvalue weighted by atomic mass is 32.2.